The summed E-state index contributed by atoms with van der Waals surface area (Å²) in [5, 5.41) is 18.8. The van der Waals surface area contributed by atoms with Crippen molar-refractivity contribution in [2.24, 2.45) is 5.14 Å². The lowest BCUT2D eigenvalue weighted by Gasteiger charge is -2.04. The largest absolute Gasteiger partial charge is 0.463 e. The molecule has 0 aliphatic heterocycles. The molecule has 1 radical (unpaired) electrons. The van der Waals surface area contributed by atoms with E-state index in [0.717, 1.165) is 0 Å². The molecular weight excluding hydrogens is 366 g/mol. The summed E-state index contributed by atoms with van der Waals surface area (Å²) in [5.41, 5.74) is 1.98. The van der Waals surface area contributed by atoms with Crippen LogP contribution in [0.2, 0.25) is 5.02 Å². The predicted octanol–water partition coefficient (Wildman–Crippen LogP) is 2.84. The third-order valence-corrected chi connectivity index (χ3v) is 4.61. The minimum absolute atomic E-state index is 0.0501. The quantitative estimate of drug-likeness (QED) is 0.729. The number of sulfonamides is 1. The van der Waals surface area contributed by atoms with E-state index in [1.165, 1.54) is 24.3 Å². The molecule has 0 bridgehead atoms. The molecule has 0 amide bonds. The highest BCUT2D eigenvalue weighted by Crippen LogP contribution is 2.31. The van der Waals surface area contributed by atoms with Crippen molar-refractivity contribution in [2.75, 3.05) is 0 Å². The number of rotatable bonds is 3. The first kappa shape index (κ1) is 17.2. The highest BCUT2D eigenvalue weighted by molar-refractivity contribution is 7.89. The van der Waals surface area contributed by atoms with Crippen molar-refractivity contribution in [3.05, 3.63) is 59.8 Å². The van der Waals surface area contributed by atoms with Gasteiger partial charge in [0.2, 0.25) is 10.0 Å². The van der Waals surface area contributed by atoms with Crippen LogP contribution in [0.3, 0.4) is 0 Å². The van der Waals surface area contributed by atoms with Gasteiger partial charge in [-0.15, -0.1) is 0 Å². The molecule has 0 fully saturated rings. The summed E-state index contributed by atoms with van der Waals surface area (Å²) in [5.74, 6) is 0. The minimum atomic E-state index is -3.82. The second-order valence-corrected chi connectivity index (χ2v) is 7.10. The van der Waals surface area contributed by atoms with Crippen molar-refractivity contribution in [3.8, 4) is 22.4 Å². The van der Waals surface area contributed by atoms with Gasteiger partial charge in [-0.05, 0) is 29.8 Å². The molecule has 0 saturated carbocycles. The third kappa shape index (κ3) is 3.55. The first-order valence-electron chi connectivity index (χ1n) is 6.90. The molecule has 1 heterocycles. The molecular formula is C16H11ClN3O4S. The number of carboxylic acid groups (broad SMARTS) is 1. The molecule has 0 saturated heterocycles. The van der Waals surface area contributed by atoms with Gasteiger partial charge in [-0.25, -0.2) is 18.4 Å². The average Bonchev–Trinajstić information content (AvgIpc) is 3.00. The molecule has 0 aliphatic carbocycles. The number of carbonyl (C=O) groups is 1. The molecule has 7 nitrogen and oxygen atoms in total. The van der Waals surface area contributed by atoms with Gasteiger partial charge in [-0.1, -0.05) is 35.9 Å². The lowest BCUT2D eigenvalue weighted by Crippen LogP contribution is -2.11. The summed E-state index contributed by atoms with van der Waals surface area (Å²) in [7, 11) is -3.82. The van der Waals surface area contributed by atoms with Gasteiger partial charge in [-0.3, -0.25) is 0 Å². The van der Waals surface area contributed by atoms with E-state index in [4.69, 9.17) is 21.8 Å². The van der Waals surface area contributed by atoms with Gasteiger partial charge >= 0.3 is 6.09 Å². The van der Waals surface area contributed by atoms with Gasteiger partial charge in [-0.2, -0.15) is 9.78 Å². The summed E-state index contributed by atoms with van der Waals surface area (Å²) in [6.45, 7) is 0. The number of hydrogen-bond acceptors (Lipinski definition) is 4. The Balaban J connectivity index is 2.14. The van der Waals surface area contributed by atoms with Gasteiger partial charge in [0.1, 0.15) is 11.9 Å². The smallest absolute Gasteiger partial charge is 0.432 e. The molecule has 3 N–H and O–H groups in total. The Bertz CT molecular complexity index is 1040. The van der Waals surface area contributed by atoms with Crippen LogP contribution >= 0.6 is 11.6 Å². The normalized spacial score (nSPS) is 11.4. The van der Waals surface area contributed by atoms with E-state index in [1.54, 1.807) is 24.3 Å². The number of aromatic nitrogens is 2. The fourth-order valence-corrected chi connectivity index (χ4v) is 2.89. The average molecular weight is 377 g/mol. The Morgan fingerprint density at radius 3 is 2.16 bits per heavy atom. The second-order valence-electron chi connectivity index (χ2n) is 5.11. The Morgan fingerprint density at radius 2 is 1.64 bits per heavy atom. The molecule has 127 valence electrons. The van der Waals surface area contributed by atoms with E-state index >= 15 is 0 Å². The lowest BCUT2D eigenvalue weighted by atomic mass is 10.0. The van der Waals surface area contributed by atoms with Crippen LogP contribution in [-0.4, -0.2) is 29.4 Å². The van der Waals surface area contributed by atoms with Gasteiger partial charge in [0.15, 0.2) is 0 Å². The van der Waals surface area contributed by atoms with Crippen LogP contribution in [0.5, 0.6) is 0 Å². The second kappa shape index (κ2) is 6.32. The number of hydrogen-bond donors (Lipinski definition) is 2. The van der Waals surface area contributed by atoms with E-state index in [2.05, 4.69) is 11.3 Å². The van der Waals surface area contributed by atoms with Crippen molar-refractivity contribution in [3.63, 3.8) is 0 Å². The first-order valence-corrected chi connectivity index (χ1v) is 8.83. The Kier molecular flexibility index (Phi) is 4.34. The molecule has 1 aromatic heterocycles. The number of primary sulfonamides is 1. The number of nitrogens with two attached hydrogens (primary N) is 1. The Labute approximate surface area is 148 Å². The standard InChI is InChI=1S/C16H11ClN3O4S/c17-12-5-1-10(2-6-12)14-9-20(16(21)22)19-15(14)11-3-7-13(8-4-11)25(18,23)24/h1-8H,(H,21,22)(H2,18,23,24). The van der Waals surface area contributed by atoms with Crippen LogP contribution in [0.25, 0.3) is 22.4 Å². The zero-order chi connectivity index (χ0) is 18.2. The maximum atomic E-state index is 11.4. The first-order chi connectivity index (χ1) is 11.8. The van der Waals surface area contributed by atoms with E-state index in [0.29, 0.717) is 32.1 Å². The van der Waals surface area contributed by atoms with Crippen molar-refractivity contribution in [1.29, 1.82) is 0 Å². The van der Waals surface area contributed by atoms with E-state index in [-0.39, 0.29) is 4.90 Å². The topological polar surface area (TPSA) is 115 Å². The zero-order valence-electron chi connectivity index (χ0n) is 12.5. The van der Waals surface area contributed by atoms with E-state index in [9.17, 15) is 13.2 Å². The number of halogens is 1. The maximum absolute atomic E-state index is 11.4. The van der Waals surface area contributed by atoms with Crippen LogP contribution in [0.15, 0.2) is 53.4 Å². The third-order valence-electron chi connectivity index (χ3n) is 3.42. The van der Waals surface area contributed by atoms with Crippen molar-refractivity contribution >= 4 is 27.7 Å². The van der Waals surface area contributed by atoms with Crippen molar-refractivity contribution in [2.45, 2.75) is 4.90 Å². The van der Waals surface area contributed by atoms with E-state index in [1.807, 2.05) is 0 Å². The fourth-order valence-electron chi connectivity index (χ4n) is 2.25. The summed E-state index contributed by atoms with van der Waals surface area (Å²) >= 11 is 5.88. The highest BCUT2D eigenvalue weighted by atomic mass is 35.5. The molecule has 25 heavy (non-hydrogen) atoms. The summed E-state index contributed by atoms with van der Waals surface area (Å²) in [4.78, 5) is 11.2. The monoisotopic (exact) mass is 376 g/mol. The number of benzene rings is 2. The SMILES string of the molecule is NS(=O)(=O)c1ccc(-c2nn(C(=O)O)[c]c2-c2ccc(Cl)cc2)cc1. The zero-order valence-corrected chi connectivity index (χ0v) is 14.1. The summed E-state index contributed by atoms with van der Waals surface area (Å²) in [6.07, 6.45) is 1.39. The molecule has 0 atom stereocenters. The Morgan fingerprint density at radius 1 is 1.08 bits per heavy atom. The molecule has 0 spiro atoms. The van der Waals surface area contributed by atoms with Crippen molar-refractivity contribution in [1.82, 2.24) is 9.78 Å². The van der Waals surface area contributed by atoms with Crippen LogP contribution in [-0.2, 0) is 10.0 Å². The molecule has 9 heteroatoms. The fraction of sp³-hybridized carbons (Fsp3) is 0. The molecule has 3 rings (SSSR count). The van der Waals surface area contributed by atoms with Gasteiger partial charge < -0.3 is 5.11 Å². The van der Waals surface area contributed by atoms with Crippen LogP contribution in [0.1, 0.15) is 0 Å². The lowest BCUT2D eigenvalue weighted by molar-refractivity contribution is 0.192. The maximum Gasteiger partial charge on any atom is 0.432 e. The van der Waals surface area contributed by atoms with Crippen LogP contribution in [0, 0.1) is 6.20 Å². The van der Waals surface area contributed by atoms with E-state index < -0.39 is 16.1 Å². The Hall–Kier alpha value is -2.68. The summed E-state index contributed by atoms with van der Waals surface area (Å²) in [6, 6.07) is 12.4. The molecule has 3 aromatic rings. The van der Waals surface area contributed by atoms with Gasteiger partial charge in [0.05, 0.1) is 4.90 Å². The van der Waals surface area contributed by atoms with Gasteiger partial charge in [0.25, 0.3) is 0 Å². The minimum Gasteiger partial charge on any atom is -0.463 e. The number of nitrogens with zero attached hydrogens (tertiary/aromatic N) is 2. The van der Waals surface area contributed by atoms with Crippen LogP contribution < -0.4 is 5.14 Å². The summed E-state index contributed by atoms with van der Waals surface area (Å²) < 4.78 is 23.4. The molecule has 2 aromatic carbocycles. The van der Waals surface area contributed by atoms with Gasteiger partial charge in [0, 0.05) is 16.1 Å². The van der Waals surface area contributed by atoms with Crippen LogP contribution in [0.4, 0.5) is 4.79 Å². The molecule has 0 unspecified atom stereocenters. The van der Waals surface area contributed by atoms with Crippen molar-refractivity contribution < 1.29 is 18.3 Å². The molecule has 0 aliphatic rings. The predicted molar refractivity (Wildman–Crippen MR) is 91.7 cm³/mol. The highest BCUT2D eigenvalue weighted by Gasteiger charge is 2.17.